The van der Waals surface area contributed by atoms with Crippen molar-refractivity contribution in [2.45, 2.75) is 25.0 Å². The van der Waals surface area contributed by atoms with Gasteiger partial charge in [-0.1, -0.05) is 47.5 Å². The fourth-order valence-corrected chi connectivity index (χ4v) is 5.36. The van der Waals surface area contributed by atoms with E-state index in [0.29, 0.717) is 5.02 Å². The Morgan fingerprint density at radius 1 is 0.964 bits per heavy atom. The van der Waals surface area contributed by atoms with Crippen LogP contribution in [0.25, 0.3) is 0 Å². The van der Waals surface area contributed by atoms with Gasteiger partial charge in [-0.15, -0.1) is 11.3 Å². The van der Waals surface area contributed by atoms with Crippen LogP contribution in [0.15, 0.2) is 66.0 Å². The first-order valence-electron chi connectivity index (χ1n) is 9.33. The maximum absolute atomic E-state index is 13.4. The van der Waals surface area contributed by atoms with E-state index >= 15 is 0 Å². The molecule has 3 heterocycles. The Morgan fingerprint density at radius 2 is 1.68 bits per heavy atom. The summed E-state index contributed by atoms with van der Waals surface area (Å²) in [4.78, 5) is 16.5. The summed E-state index contributed by atoms with van der Waals surface area (Å²) >= 11 is 7.78. The van der Waals surface area contributed by atoms with Gasteiger partial charge < -0.3 is 4.90 Å². The Balaban J connectivity index is 1.60. The Kier molecular flexibility index (Phi) is 4.48. The molecule has 1 amide bonds. The standard InChI is InChI=1S/C22H20ClN3OS/c1-13-4-6-14(7-5-13)19-18-20(25-24-19)22(27)26(16-10-8-15(23)9-11-16)21(18)17-3-2-12-28-17/h2-12,18-21,24-25H,1H3. The van der Waals surface area contributed by atoms with Crippen LogP contribution < -0.4 is 15.8 Å². The molecule has 2 saturated heterocycles. The predicted molar refractivity (Wildman–Crippen MR) is 113 cm³/mol. The van der Waals surface area contributed by atoms with Crippen molar-refractivity contribution in [1.29, 1.82) is 0 Å². The highest BCUT2D eigenvalue weighted by Gasteiger charge is 2.56. The van der Waals surface area contributed by atoms with E-state index in [-0.39, 0.29) is 30.0 Å². The summed E-state index contributed by atoms with van der Waals surface area (Å²) in [6, 6.07) is 20.0. The van der Waals surface area contributed by atoms with E-state index in [9.17, 15) is 4.79 Å². The summed E-state index contributed by atoms with van der Waals surface area (Å²) in [5, 5.41) is 2.74. The third-order valence-corrected chi connectivity index (χ3v) is 6.88. The molecule has 142 valence electrons. The van der Waals surface area contributed by atoms with E-state index in [1.807, 2.05) is 29.2 Å². The topological polar surface area (TPSA) is 44.4 Å². The van der Waals surface area contributed by atoms with Crippen LogP contribution in [0.3, 0.4) is 0 Å². The number of fused-ring (bicyclic) bond motifs is 1. The van der Waals surface area contributed by atoms with Crippen molar-refractivity contribution >= 4 is 34.5 Å². The first kappa shape index (κ1) is 17.9. The van der Waals surface area contributed by atoms with Gasteiger partial charge in [0.15, 0.2) is 0 Å². The molecule has 0 aliphatic carbocycles. The van der Waals surface area contributed by atoms with Gasteiger partial charge in [0.1, 0.15) is 6.04 Å². The molecule has 4 atom stereocenters. The normalized spacial score (nSPS) is 26.6. The van der Waals surface area contributed by atoms with Gasteiger partial charge in [-0.2, -0.15) is 0 Å². The van der Waals surface area contributed by atoms with Crippen molar-refractivity contribution < 1.29 is 4.79 Å². The van der Waals surface area contributed by atoms with Crippen LogP contribution in [0.2, 0.25) is 5.02 Å². The second-order valence-corrected chi connectivity index (χ2v) is 8.79. The number of nitrogens with zero attached hydrogens (tertiary/aromatic N) is 1. The second-order valence-electron chi connectivity index (χ2n) is 7.38. The zero-order valence-electron chi connectivity index (χ0n) is 15.3. The summed E-state index contributed by atoms with van der Waals surface area (Å²) in [6.45, 7) is 2.09. The Hall–Kier alpha value is -2.18. The van der Waals surface area contributed by atoms with Crippen LogP contribution in [0, 0.1) is 12.8 Å². The maximum Gasteiger partial charge on any atom is 0.246 e. The lowest BCUT2D eigenvalue weighted by molar-refractivity contribution is -0.119. The molecular weight excluding hydrogens is 390 g/mol. The quantitative estimate of drug-likeness (QED) is 0.662. The largest absolute Gasteiger partial charge is 0.302 e. The van der Waals surface area contributed by atoms with Gasteiger partial charge >= 0.3 is 0 Å². The van der Waals surface area contributed by atoms with Crippen molar-refractivity contribution in [1.82, 2.24) is 10.9 Å². The number of benzene rings is 2. The number of aryl methyl sites for hydroxylation is 1. The minimum absolute atomic E-state index is 0.0347. The highest BCUT2D eigenvalue weighted by atomic mass is 35.5. The van der Waals surface area contributed by atoms with Crippen LogP contribution in [-0.4, -0.2) is 11.9 Å². The summed E-state index contributed by atoms with van der Waals surface area (Å²) in [5.41, 5.74) is 9.96. The third-order valence-electron chi connectivity index (χ3n) is 5.69. The summed E-state index contributed by atoms with van der Waals surface area (Å²) < 4.78 is 0. The first-order chi connectivity index (χ1) is 13.6. The van der Waals surface area contributed by atoms with E-state index < -0.39 is 0 Å². The van der Waals surface area contributed by atoms with E-state index in [0.717, 1.165) is 5.69 Å². The number of carbonyl (C=O) groups excluding carboxylic acids is 1. The molecule has 0 radical (unpaired) electrons. The lowest BCUT2D eigenvalue weighted by Gasteiger charge is -2.30. The minimum Gasteiger partial charge on any atom is -0.302 e. The second kappa shape index (κ2) is 7.01. The molecule has 2 N–H and O–H groups in total. The molecule has 28 heavy (non-hydrogen) atoms. The lowest BCUT2D eigenvalue weighted by Crippen LogP contribution is -2.41. The van der Waals surface area contributed by atoms with E-state index in [1.54, 1.807) is 11.3 Å². The monoisotopic (exact) mass is 409 g/mol. The molecule has 0 bridgehead atoms. The molecule has 0 spiro atoms. The number of rotatable bonds is 3. The van der Waals surface area contributed by atoms with Gasteiger partial charge in [0.25, 0.3) is 0 Å². The van der Waals surface area contributed by atoms with Gasteiger partial charge in [-0.25, -0.2) is 10.9 Å². The van der Waals surface area contributed by atoms with Gasteiger partial charge in [0.05, 0.1) is 12.1 Å². The molecular formula is C22H20ClN3OS. The van der Waals surface area contributed by atoms with E-state index in [1.165, 1.54) is 16.0 Å². The average molecular weight is 410 g/mol. The van der Waals surface area contributed by atoms with Gasteiger partial charge in [-0.05, 0) is 48.2 Å². The van der Waals surface area contributed by atoms with E-state index in [2.05, 4.69) is 59.6 Å². The number of halogens is 1. The summed E-state index contributed by atoms with van der Waals surface area (Å²) in [6.07, 6.45) is 0. The molecule has 3 aromatic rings. The summed E-state index contributed by atoms with van der Waals surface area (Å²) in [7, 11) is 0. The minimum atomic E-state index is -0.269. The predicted octanol–water partition coefficient (Wildman–Crippen LogP) is 4.63. The van der Waals surface area contributed by atoms with Crippen LogP contribution >= 0.6 is 22.9 Å². The zero-order chi connectivity index (χ0) is 19.3. The number of amides is 1. The number of nitrogens with one attached hydrogen (secondary N) is 2. The van der Waals surface area contributed by atoms with Crippen molar-refractivity contribution in [2.24, 2.45) is 5.92 Å². The van der Waals surface area contributed by atoms with Gasteiger partial charge in [0, 0.05) is 21.5 Å². The highest BCUT2D eigenvalue weighted by molar-refractivity contribution is 7.10. The number of hydrazine groups is 1. The average Bonchev–Trinajstić information content (AvgIpc) is 3.42. The van der Waals surface area contributed by atoms with Gasteiger partial charge in [-0.3, -0.25) is 4.79 Å². The highest BCUT2D eigenvalue weighted by Crippen LogP contribution is 2.49. The van der Waals surface area contributed by atoms with Crippen molar-refractivity contribution in [3.8, 4) is 0 Å². The first-order valence-corrected chi connectivity index (χ1v) is 10.6. The number of hydrogen-bond donors (Lipinski definition) is 2. The number of anilines is 1. The molecule has 2 aliphatic rings. The smallest absolute Gasteiger partial charge is 0.246 e. The Bertz CT molecular complexity index is 988. The molecule has 4 unspecified atom stereocenters. The molecule has 6 heteroatoms. The fourth-order valence-electron chi connectivity index (χ4n) is 4.36. The van der Waals surface area contributed by atoms with Crippen LogP contribution in [0.5, 0.6) is 0 Å². The Labute approximate surface area is 173 Å². The van der Waals surface area contributed by atoms with Crippen LogP contribution in [0.4, 0.5) is 5.69 Å². The molecule has 2 aliphatic heterocycles. The molecule has 4 nitrogen and oxygen atoms in total. The lowest BCUT2D eigenvalue weighted by atomic mass is 9.85. The molecule has 0 saturated carbocycles. The van der Waals surface area contributed by atoms with Crippen molar-refractivity contribution in [3.05, 3.63) is 87.1 Å². The number of thiophene rings is 1. The van der Waals surface area contributed by atoms with Gasteiger partial charge in [0.2, 0.25) is 5.91 Å². The molecule has 1 aromatic heterocycles. The SMILES string of the molecule is Cc1ccc(C2NNC3C(=O)N(c4ccc(Cl)cc4)C(c4cccs4)C32)cc1. The van der Waals surface area contributed by atoms with Crippen LogP contribution in [-0.2, 0) is 4.79 Å². The zero-order valence-corrected chi connectivity index (χ0v) is 16.9. The van der Waals surface area contributed by atoms with Crippen LogP contribution in [0.1, 0.15) is 28.1 Å². The van der Waals surface area contributed by atoms with E-state index in [4.69, 9.17) is 11.6 Å². The van der Waals surface area contributed by atoms with Crippen molar-refractivity contribution in [3.63, 3.8) is 0 Å². The molecule has 2 fully saturated rings. The summed E-state index contributed by atoms with van der Waals surface area (Å²) in [5.74, 6) is 0.178. The fraction of sp³-hybridized carbons (Fsp3) is 0.227. The van der Waals surface area contributed by atoms with Crippen molar-refractivity contribution in [2.75, 3.05) is 4.90 Å². The Morgan fingerprint density at radius 3 is 2.36 bits per heavy atom. The number of hydrogen-bond acceptors (Lipinski definition) is 4. The third kappa shape index (κ3) is 2.86. The molecule has 5 rings (SSSR count). The number of carbonyl (C=O) groups is 1. The maximum atomic E-state index is 13.4. The molecule has 2 aromatic carbocycles.